The fraction of sp³-hybridized carbons (Fsp3) is 0.400. The van der Waals surface area contributed by atoms with E-state index in [-0.39, 0.29) is 5.82 Å². The number of rotatable bonds is 5. The highest BCUT2D eigenvalue weighted by Gasteiger charge is 2.26. The second-order valence-electron chi connectivity index (χ2n) is 8.35. The first-order valence-electron chi connectivity index (χ1n) is 11.0. The molecule has 2 heterocycles. The Balaban J connectivity index is 1.43. The van der Waals surface area contributed by atoms with Crippen LogP contribution in [-0.2, 0) is 12.8 Å². The van der Waals surface area contributed by atoms with Crippen LogP contribution >= 0.6 is 0 Å². The van der Waals surface area contributed by atoms with Gasteiger partial charge in [0.25, 0.3) is 0 Å². The third-order valence-electron chi connectivity index (χ3n) is 6.55. The molecule has 0 amide bonds. The lowest BCUT2D eigenvalue weighted by molar-refractivity contribution is 0.356. The van der Waals surface area contributed by atoms with Crippen LogP contribution in [0.5, 0.6) is 11.5 Å². The van der Waals surface area contributed by atoms with Crippen molar-refractivity contribution in [3.8, 4) is 11.5 Å². The lowest BCUT2D eigenvalue weighted by atomic mass is 10.0. The monoisotopic (exact) mass is 421 g/mol. The van der Waals surface area contributed by atoms with Gasteiger partial charge in [-0.05, 0) is 55.9 Å². The van der Waals surface area contributed by atoms with Crippen molar-refractivity contribution in [3.05, 3.63) is 53.5 Å². The summed E-state index contributed by atoms with van der Waals surface area (Å²) in [6.07, 6.45) is 5.11. The van der Waals surface area contributed by atoms with E-state index in [4.69, 9.17) is 14.5 Å². The Hall–Kier alpha value is -3.02. The van der Waals surface area contributed by atoms with E-state index in [1.165, 1.54) is 23.0 Å². The molecule has 0 saturated carbocycles. The predicted molar refractivity (Wildman–Crippen MR) is 122 cm³/mol. The van der Waals surface area contributed by atoms with Gasteiger partial charge < -0.3 is 19.7 Å². The average Bonchev–Trinajstić information content (AvgIpc) is 3.27. The number of hydrogen-bond donors (Lipinski definition) is 1. The van der Waals surface area contributed by atoms with Crippen molar-refractivity contribution < 1.29 is 13.9 Å². The second-order valence-corrected chi connectivity index (χ2v) is 8.35. The van der Waals surface area contributed by atoms with E-state index in [1.807, 2.05) is 24.3 Å². The van der Waals surface area contributed by atoms with E-state index in [0.29, 0.717) is 23.2 Å². The number of aromatic nitrogens is 1. The van der Waals surface area contributed by atoms with Crippen LogP contribution in [0.2, 0.25) is 0 Å². The van der Waals surface area contributed by atoms with Crippen LogP contribution in [0.25, 0.3) is 10.9 Å². The Labute approximate surface area is 182 Å². The minimum absolute atomic E-state index is 0.145. The van der Waals surface area contributed by atoms with E-state index in [1.54, 1.807) is 20.3 Å². The molecular weight excluding hydrogens is 393 g/mol. The molecule has 3 aromatic rings. The number of methoxy groups -OCH3 is 2. The van der Waals surface area contributed by atoms with Crippen molar-refractivity contribution in [1.29, 1.82) is 0 Å². The van der Waals surface area contributed by atoms with Gasteiger partial charge in [-0.25, -0.2) is 4.39 Å². The molecule has 5 nitrogen and oxygen atoms in total. The second kappa shape index (κ2) is 8.25. The van der Waals surface area contributed by atoms with Crippen molar-refractivity contribution in [2.75, 3.05) is 37.5 Å². The Morgan fingerprint density at radius 1 is 1.03 bits per heavy atom. The predicted octanol–water partition coefficient (Wildman–Crippen LogP) is 4.96. The molecule has 6 heteroatoms. The summed E-state index contributed by atoms with van der Waals surface area (Å²) in [4.78, 5) is 7.08. The summed E-state index contributed by atoms with van der Waals surface area (Å²) >= 11 is 0. The molecule has 2 aliphatic rings. The minimum atomic E-state index is -0.145. The zero-order chi connectivity index (χ0) is 21.4. The third-order valence-corrected chi connectivity index (χ3v) is 6.55. The normalized spacial score (nSPS) is 16.4. The van der Waals surface area contributed by atoms with E-state index < -0.39 is 0 Å². The molecule has 1 aliphatic heterocycles. The zero-order valence-corrected chi connectivity index (χ0v) is 18.1. The maximum Gasteiger partial charge on any atom is 0.162 e. The molecule has 1 N–H and O–H groups in total. The molecule has 1 fully saturated rings. The van der Waals surface area contributed by atoms with Crippen LogP contribution < -0.4 is 19.7 Å². The summed E-state index contributed by atoms with van der Waals surface area (Å²) in [6.45, 7) is 1.67. The number of halogens is 1. The van der Waals surface area contributed by atoms with E-state index >= 15 is 0 Å². The van der Waals surface area contributed by atoms with Gasteiger partial charge >= 0.3 is 0 Å². The summed E-state index contributed by atoms with van der Waals surface area (Å²) in [7, 11) is 3.32. The Morgan fingerprint density at radius 2 is 1.77 bits per heavy atom. The van der Waals surface area contributed by atoms with Crippen LogP contribution in [-0.4, -0.2) is 38.3 Å². The lowest BCUT2D eigenvalue weighted by Gasteiger charge is -2.35. The summed E-state index contributed by atoms with van der Waals surface area (Å²) in [5.74, 6) is 1.27. The van der Waals surface area contributed by atoms with Gasteiger partial charge in [0, 0.05) is 42.0 Å². The van der Waals surface area contributed by atoms with Crippen molar-refractivity contribution in [2.45, 2.75) is 38.1 Å². The third kappa shape index (κ3) is 3.64. The smallest absolute Gasteiger partial charge is 0.162 e. The molecule has 2 aromatic carbocycles. The number of hydrogen-bond acceptors (Lipinski definition) is 5. The maximum absolute atomic E-state index is 14.2. The molecule has 0 radical (unpaired) electrons. The molecule has 0 spiro atoms. The Kier molecular flexibility index (Phi) is 5.30. The topological polar surface area (TPSA) is 46.6 Å². The van der Waals surface area contributed by atoms with Crippen LogP contribution in [0.4, 0.5) is 15.8 Å². The first-order chi connectivity index (χ1) is 15.2. The van der Waals surface area contributed by atoms with Crippen LogP contribution in [0.3, 0.4) is 0 Å². The summed E-state index contributed by atoms with van der Waals surface area (Å²) in [6, 6.07) is 11.4. The first kappa shape index (κ1) is 19.9. The Bertz CT molecular complexity index is 1110. The maximum atomic E-state index is 14.2. The number of pyridine rings is 1. The highest BCUT2D eigenvalue weighted by Crippen LogP contribution is 2.40. The fourth-order valence-corrected chi connectivity index (χ4v) is 4.93. The summed E-state index contributed by atoms with van der Waals surface area (Å²) in [5.41, 5.74) is 5.34. The number of ether oxygens (including phenoxy) is 2. The van der Waals surface area contributed by atoms with Crippen LogP contribution in [0.15, 0.2) is 36.4 Å². The first-order valence-corrected chi connectivity index (χ1v) is 11.0. The highest BCUT2D eigenvalue weighted by molar-refractivity contribution is 5.96. The molecule has 1 aromatic heterocycles. The molecule has 5 rings (SSSR count). The number of nitrogens with one attached hydrogen (secondary N) is 1. The van der Waals surface area contributed by atoms with Gasteiger partial charge in [-0.1, -0.05) is 12.1 Å². The SMILES string of the molecule is COc1cc2nc3c(c(NC4CCN(c5ccccc5F)CC4)c2cc1OC)CCC3. The molecule has 1 saturated heterocycles. The van der Waals surface area contributed by atoms with Gasteiger partial charge in [0.15, 0.2) is 11.5 Å². The molecule has 0 unspecified atom stereocenters. The molecule has 0 atom stereocenters. The molecule has 31 heavy (non-hydrogen) atoms. The van der Waals surface area contributed by atoms with Crippen molar-refractivity contribution in [2.24, 2.45) is 0 Å². The largest absolute Gasteiger partial charge is 0.493 e. The quantitative estimate of drug-likeness (QED) is 0.631. The molecule has 162 valence electrons. The van der Waals surface area contributed by atoms with E-state index in [2.05, 4.69) is 10.2 Å². The summed E-state index contributed by atoms with van der Waals surface area (Å²) in [5, 5.41) is 4.92. The molecule has 0 bridgehead atoms. The number of fused-ring (bicyclic) bond motifs is 2. The minimum Gasteiger partial charge on any atom is -0.493 e. The lowest BCUT2D eigenvalue weighted by Crippen LogP contribution is -2.39. The van der Waals surface area contributed by atoms with Gasteiger partial charge in [0.2, 0.25) is 0 Å². The van der Waals surface area contributed by atoms with Gasteiger partial charge in [0.05, 0.1) is 25.4 Å². The van der Waals surface area contributed by atoms with Crippen molar-refractivity contribution in [3.63, 3.8) is 0 Å². The van der Waals surface area contributed by atoms with Crippen molar-refractivity contribution >= 4 is 22.3 Å². The summed E-state index contributed by atoms with van der Waals surface area (Å²) < 4.78 is 25.2. The Morgan fingerprint density at radius 3 is 2.52 bits per heavy atom. The molecular formula is C25H28FN3O2. The fourth-order valence-electron chi connectivity index (χ4n) is 4.93. The average molecular weight is 422 g/mol. The van der Waals surface area contributed by atoms with Crippen LogP contribution in [0, 0.1) is 5.82 Å². The number of benzene rings is 2. The number of nitrogens with zero attached hydrogens (tertiary/aromatic N) is 2. The highest BCUT2D eigenvalue weighted by atomic mass is 19.1. The zero-order valence-electron chi connectivity index (χ0n) is 18.1. The van der Waals surface area contributed by atoms with E-state index in [9.17, 15) is 4.39 Å². The number of anilines is 2. The number of para-hydroxylation sites is 1. The number of piperidine rings is 1. The van der Waals surface area contributed by atoms with Crippen molar-refractivity contribution in [1.82, 2.24) is 4.98 Å². The van der Waals surface area contributed by atoms with Gasteiger partial charge in [-0.3, -0.25) is 4.98 Å². The van der Waals surface area contributed by atoms with E-state index in [0.717, 1.165) is 56.1 Å². The van der Waals surface area contributed by atoms with Gasteiger partial charge in [-0.15, -0.1) is 0 Å². The van der Waals surface area contributed by atoms with Gasteiger partial charge in [0.1, 0.15) is 5.82 Å². The molecule has 1 aliphatic carbocycles. The van der Waals surface area contributed by atoms with Crippen LogP contribution in [0.1, 0.15) is 30.5 Å². The number of aryl methyl sites for hydroxylation is 1. The van der Waals surface area contributed by atoms with Gasteiger partial charge in [-0.2, -0.15) is 0 Å². The standard InChI is InChI=1S/C25H28FN3O2/c1-30-23-14-18-21(15-24(23)31-2)28-20-8-5-6-17(20)25(18)27-16-10-12-29(13-11-16)22-9-4-3-7-19(22)26/h3-4,7,9,14-16H,5-6,8,10-13H2,1-2H3,(H,27,28).